The average Bonchev–Trinajstić information content (AvgIpc) is 2.72. The Balaban J connectivity index is 2.00. The lowest BCUT2D eigenvalue weighted by Gasteiger charge is -2.14. The van der Waals surface area contributed by atoms with Crippen LogP contribution in [0.3, 0.4) is 0 Å². The van der Waals surface area contributed by atoms with E-state index in [9.17, 15) is 5.11 Å². The molecule has 0 spiro atoms. The number of nitrogens with zero attached hydrogens (tertiary/aromatic N) is 1. The third-order valence-corrected chi connectivity index (χ3v) is 3.07. The number of fused-ring (bicyclic) bond motifs is 1. The summed E-state index contributed by atoms with van der Waals surface area (Å²) >= 11 is 0. The molecule has 0 saturated heterocycles. The van der Waals surface area contributed by atoms with E-state index in [0.29, 0.717) is 5.89 Å². The summed E-state index contributed by atoms with van der Waals surface area (Å²) in [7, 11) is 0. The Bertz CT molecular complexity index is 548. The van der Waals surface area contributed by atoms with E-state index in [1.165, 1.54) is 0 Å². The number of aromatic hydroxyl groups is 1. The lowest BCUT2D eigenvalue weighted by atomic mass is 9.98. The zero-order valence-corrected chi connectivity index (χ0v) is 9.39. The summed E-state index contributed by atoms with van der Waals surface area (Å²) in [5, 5.41) is 9.43. The largest absolute Gasteiger partial charge is 0.508 e. The third kappa shape index (κ3) is 1.91. The van der Waals surface area contributed by atoms with Gasteiger partial charge in [0.2, 0.25) is 5.89 Å². The summed E-state index contributed by atoms with van der Waals surface area (Å²) in [5.74, 6) is 1.72. The topological polar surface area (TPSA) is 72.3 Å². The van der Waals surface area contributed by atoms with Gasteiger partial charge in [-0.3, -0.25) is 0 Å². The van der Waals surface area contributed by atoms with Crippen LogP contribution in [0.4, 0.5) is 0 Å². The predicted molar refractivity (Wildman–Crippen MR) is 63.6 cm³/mol. The minimum Gasteiger partial charge on any atom is -0.508 e. The first-order valence-corrected chi connectivity index (χ1v) is 5.76. The lowest BCUT2D eigenvalue weighted by Crippen LogP contribution is -2.27. The van der Waals surface area contributed by atoms with Crippen LogP contribution in [0.1, 0.15) is 17.9 Å². The first kappa shape index (κ1) is 10.4. The van der Waals surface area contributed by atoms with Gasteiger partial charge in [0.05, 0.1) is 5.69 Å². The van der Waals surface area contributed by atoms with Crippen LogP contribution in [0, 0.1) is 0 Å². The van der Waals surface area contributed by atoms with Crippen molar-refractivity contribution in [2.45, 2.75) is 25.3 Å². The fourth-order valence-electron chi connectivity index (χ4n) is 2.17. The van der Waals surface area contributed by atoms with Gasteiger partial charge in [-0.1, -0.05) is 6.07 Å². The number of aryl methyl sites for hydroxylation is 1. The number of aromatic nitrogens is 1. The first-order valence-electron chi connectivity index (χ1n) is 5.76. The molecule has 1 aromatic carbocycles. The van der Waals surface area contributed by atoms with Gasteiger partial charge in [-0.2, -0.15) is 0 Å². The molecule has 17 heavy (non-hydrogen) atoms. The predicted octanol–water partition coefficient (Wildman–Crippen LogP) is 1.86. The van der Waals surface area contributed by atoms with Gasteiger partial charge in [0.1, 0.15) is 11.5 Å². The van der Waals surface area contributed by atoms with Gasteiger partial charge in [-0.05, 0) is 24.6 Å². The standard InChI is InChI=1S/C13H14N2O2/c14-9-4-5-12-11(7-9)15-13(17-12)8-2-1-3-10(16)6-8/h1-3,6,9,16H,4-5,7,14H2. The SMILES string of the molecule is NC1CCc2oc(-c3cccc(O)c3)nc2C1. The van der Waals surface area contributed by atoms with Crippen molar-refractivity contribution in [3.05, 3.63) is 35.7 Å². The van der Waals surface area contributed by atoms with Crippen LogP contribution in [0.5, 0.6) is 5.75 Å². The van der Waals surface area contributed by atoms with Crippen LogP contribution in [-0.2, 0) is 12.8 Å². The van der Waals surface area contributed by atoms with Crippen LogP contribution < -0.4 is 5.73 Å². The highest BCUT2D eigenvalue weighted by Gasteiger charge is 2.22. The molecule has 1 aromatic heterocycles. The first-order chi connectivity index (χ1) is 8.22. The second-order valence-electron chi connectivity index (χ2n) is 4.44. The molecule has 1 unspecified atom stereocenters. The van der Waals surface area contributed by atoms with E-state index in [1.807, 2.05) is 6.07 Å². The number of hydrogen-bond acceptors (Lipinski definition) is 4. The molecule has 4 heteroatoms. The second kappa shape index (κ2) is 3.89. The highest BCUT2D eigenvalue weighted by atomic mass is 16.4. The third-order valence-electron chi connectivity index (χ3n) is 3.07. The Morgan fingerprint density at radius 1 is 1.41 bits per heavy atom. The maximum absolute atomic E-state index is 9.43. The molecule has 1 aliphatic rings. The maximum Gasteiger partial charge on any atom is 0.226 e. The lowest BCUT2D eigenvalue weighted by molar-refractivity contribution is 0.462. The molecule has 4 nitrogen and oxygen atoms in total. The molecular formula is C13H14N2O2. The van der Waals surface area contributed by atoms with Crippen molar-refractivity contribution in [2.24, 2.45) is 5.73 Å². The zero-order chi connectivity index (χ0) is 11.8. The molecule has 1 atom stereocenters. The smallest absolute Gasteiger partial charge is 0.226 e. The van der Waals surface area contributed by atoms with Crippen LogP contribution in [0.25, 0.3) is 11.5 Å². The fraction of sp³-hybridized carbons (Fsp3) is 0.308. The highest BCUT2D eigenvalue weighted by molar-refractivity contribution is 5.56. The van der Waals surface area contributed by atoms with Crippen molar-refractivity contribution in [1.82, 2.24) is 4.98 Å². The van der Waals surface area contributed by atoms with Crippen molar-refractivity contribution in [2.75, 3.05) is 0 Å². The van der Waals surface area contributed by atoms with Crippen molar-refractivity contribution in [3.8, 4) is 17.2 Å². The number of hydrogen-bond donors (Lipinski definition) is 2. The number of phenolic OH excluding ortho intramolecular Hbond substituents is 1. The second-order valence-corrected chi connectivity index (χ2v) is 4.44. The number of oxazole rings is 1. The molecule has 3 N–H and O–H groups in total. The normalized spacial score (nSPS) is 19.0. The molecule has 88 valence electrons. The van der Waals surface area contributed by atoms with Crippen LogP contribution in [0.2, 0.25) is 0 Å². The van der Waals surface area contributed by atoms with E-state index < -0.39 is 0 Å². The maximum atomic E-state index is 9.43. The van der Waals surface area contributed by atoms with Gasteiger partial charge in [0.25, 0.3) is 0 Å². The molecule has 0 bridgehead atoms. The Morgan fingerprint density at radius 3 is 3.12 bits per heavy atom. The number of rotatable bonds is 1. The van der Waals surface area contributed by atoms with Gasteiger partial charge in [-0.25, -0.2) is 4.98 Å². The molecule has 0 amide bonds. The van der Waals surface area contributed by atoms with Crippen molar-refractivity contribution >= 4 is 0 Å². The van der Waals surface area contributed by atoms with Crippen LogP contribution >= 0.6 is 0 Å². The fourth-order valence-corrected chi connectivity index (χ4v) is 2.17. The summed E-state index contributed by atoms with van der Waals surface area (Å²) in [5.41, 5.74) is 7.66. The van der Waals surface area contributed by atoms with E-state index in [-0.39, 0.29) is 11.8 Å². The summed E-state index contributed by atoms with van der Waals surface area (Å²) < 4.78 is 5.72. The van der Waals surface area contributed by atoms with E-state index in [4.69, 9.17) is 10.2 Å². The molecule has 0 fully saturated rings. The van der Waals surface area contributed by atoms with E-state index >= 15 is 0 Å². The molecule has 0 aliphatic heterocycles. The summed E-state index contributed by atoms with van der Waals surface area (Å²) in [6.07, 6.45) is 2.57. The van der Waals surface area contributed by atoms with Crippen molar-refractivity contribution in [1.29, 1.82) is 0 Å². The van der Waals surface area contributed by atoms with Crippen molar-refractivity contribution in [3.63, 3.8) is 0 Å². The van der Waals surface area contributed by atoms with Crippen LogP contribution in [0.15, 0.2) is 28.7 Å². The molecule has 1 aliphatic carbocycles. The Labute approximate surface area is 99.1 Å². The molecule has 0 radical (unpaired) electrons. The van der Waals surface area contributed by atoms with Gasteiger partial charge < -0.3 is 15.3 Å². The monoisotopic (exact) mass is 230 g/mol. The molecule has 1 heterocycles. The minimum atomic E-state index is 0.185. The van der Waals surface area contributed by atoms with Crippen LogP contribution in [-0.4, -0.2) is 16.1 Å². The molecule has 3 rings (SSSR count). The number of phenols is 1. The van der Waals surface area contributed by atoms with Crippen molar-refractivity contribution < 1.29 is 9.52 Å². The molecular weight excluding hydrogens is 216 g/mol. The molecule has 0 saturated carbocycles. The molecule has 2 aromatic rings. The van der Waals surface area contributed by atoms with Gasteiger partial charge >= 0.3 is 0 Å². The number of nitrogens with two attached hydrogens (primary N) is 1. The Hall–Kier alpha value is -1.81. The summed E-state index contributed by atoms with van der Waals surface area (Å²) in [4.78, 5) is 4.45. The quantitative estimate of drug-likeness (QED) is 0.784. The zero-order valence-electron chi connectivity index (χ0n) is 9.39. The van der Waals surface area contributed by atoms with Gasteiger partial charge in [0, 0.05) is 24.4 Å². The average molecular weight is 230 g/mol. The minimum absolute atomic E-state index is 0.185. The van der Waals surface area contributed by atoms with Gasteiger partial charge in [0.15, 0.2) is 0 Å². The van der Waals surface area contributed by atoms with E-state index in [0.717, 1.165) is 36.3 Å². The Morgan fingerprint density at radius 2 is 2.29 bits per heavy atom. The van der Waals surface area contributed by atoms with E-state index in [2.05, 4.69) is 4.98 Å². The Kier molecular flexibility index (Phi) is 2.37. The summed E-state index contributed by atoms with van der Waals surface area (Å²) in [6.45, 7) is 0. The highest BCUT2D eigenvalue weighted by Crippen LogP contribution is 2.28. The van der Waals surface area contributed by atoms with Gasteiger partial charge in [-0.15, -0.1) is 0 Å². The number of benzene rings is 1. The summed E-state index contributed by atoms with van der Waals surface area (Å²) in [6, 6.07) is 7.11. The van der Waals surface area contributed by atoms with E-state index in [1.54, 1.807) is 18.2 Å².